The number of methoxy groups -OCH3 is 1. The second kappa shape index (κ2) is 9.08. The molecule has 31 heavy (non-hydrogen) atoms. The molecule has 2 atom stereocenters. The van der Waals surface area contributed by atoms with Crippen molar-refractivity contribution in [1.29, 1.82) is 0 Å². The van der Waals surface area contributed by atoms with Gasteiger partial charge in [-0.3, -0.25) is 9.59 Å². The first-order chi connectivity index (χ1) is 15.1. The number of rotatable bonds is 6. The highest BCUT2D eigenvalue weighted by molar-refractivity contribution is 5.92. The molecule has 0 radical (unpaired) electrons. The number of hydrogen-bond donors (Lipinski definition) is 0. The first-order valence-electron chi connectivity index (χ1n) is 10.3. The number of benzene rings is 2. The van der Waals surface area contributed by atoms with Crippen molar-refractivity contribution in [2.75, 3.05) is 27.2 Å². The number of carbonyl (C=O) groups excluding carboxylic acids is 2. The SMILES string of the molecule is COc1ccccc1C1CN(C(=O)c2ccco2)CC1C(=O)N(C)Cc1ccccc1. The summed E-state index contributed by atoms with van der Waals surface area (Å²) in [6.07, 6.45) is 1.48. The summed E-state index contributed by atoms with van der Waals surface area (Å²) in [5.74, 6) is 0.276. The van der Waals surface area contributed by atoms with Gasteiger partial charge in [0.25, 0.3) is 5.91 Å². The Morgan fingerprint density at radius 1 is 1.03 bits per heavy atom. The van der Waals surface area contributed by atoms with Crippen molar-refractivity contribution in [2.45, 2.75) is 12.5 Å². The number of nitrogens with zero attached hydrogens (tertiary/aromatic N) is 2. The van der Waals surface area contributed by atoms with Gasteiger partial charge in [-0.25, -0.2) is 0 Å². The molecule has 2 heterocycles. The fourth-order valence-electron chi connectivity index (χ4n) is 4.28. The van der Waals surface area contributed by atoms with Crippen molar-refractivity contribution >= 4 is 11.8 Å². The molecular weight excluding hydrogens is 392 g/mol. The molecule has 0 N–H and O–H groups in total. The number of likely N-dealkylation sites (tertiary alicyclic amines) is 1. The molecule has 2 unspecified atom stereocenters. The summed E-state index contributed by atoms with van der Waals surface area (Å²) in [5, 5.41) is 0. The average Bonchev–Trinajstić information content (AvgIpc) is 3.49. The normalized spacial score (nSPS) is 18.1. The van der Waals surface area contributed by atoms with Crippen LogP contribution in [0.15, 0.2) is 77.4 Å². The molecule has 1 aliphatic heterocycles. The Morgan fingerprint density at radius 3 is 2.48 bits per heavy atom. The van der Waals surface area contributed by atoms with Gasteiger partial charge in [0.2, 0.25) is 5.91 Å². The van der Waals surface area contributed by atoms with Crippen molar-refractivity contribution in [3.63, 3.8) is 0 Å². The molecule has 4 rings (SSSR count). The van der Waals surface area contributed by atoms with Gasteiger partial charge in [0.05, 0.1) is 19.3 Å². The summed E-state index contributed by atoms with van der Waals surface area (Å²) in [6, 6.07) is 20.9. The summed E-state index contributed by atoms with van der Waals surface area (Å²) < 4.78 is 10.9. The Bertz CT molecular complexity index is 1030. The van der Waals surface area contributed by atoms with E-state index in [0.29, 0.717) is 19.6 Å². The molecule has 3 aromatic rings. The molecule has 0 aliphatic carbocycles. The molecule has 1 saturated heterocycles. The van der Waals surface area contributed by atoms with E-state index < -0.39 is 0 Å². The second-order valence-electron chi connectivity index (χ2n) is 7.82. The van der Waals surface area contributed by atoms with Gasteiger partial charge >= 0.3 is 0 Å². The van der Waals surface area contributed by atoms with Crippen LogP contribution in [-0.4, -0.2) is 48.9 Å². The smallest absolute Gasteiger partial charge is 0.289 e. The van der Waals surface area contributed by atoms with E-state index in [0.717, 1.165) is 16.9 Å². The Hall–Kier alpha value is -3.54. The third kappa shape index (κ3) is 4.33. The van der Waals surface area contributed by atoms with Crippen molar-refractivity contribution in [1.82, 2.24) is 9.80 Å². The molecule has 0 spiro atoms. The first kappa shape index (κ1) is 20.7. The molecule has 1 aromatic heterocycles. The quantitative estimate of drug-likeness (QED) is 0.611. The lowest BCUT2D eigenvalue weighted by molar-refractivity contribution is -0.134. The van der Waals surface area contributed by atoms with Gasteiger partial charge in [-0.15, -0.1) is 0 Å². The summed E-state index contributed by atoms with van der Waals surface area (Å²) in [7, 11) is 3.43. The van der Waals surface area contributed by atoms with E-state index in [1.165, 1.54) is 6.26 Å². The van der Waals surface area contributed by atoms with Crippen LogP contribution in [0.25, 0.3) is 0 Å². The van der Waals surface area contributed by atoms with Gasteiger partial charge in [-0.1, -0.05) is 48.5 Å². The average molecular weight is 418 g/mol. The van der Waals surface area contributed by atoms with Crippen molar-refractivity contribution in [3.8, 4) is 5.75 Å². The number of para-hydroxylation sites is 1. The third-order valence-electron chi connectivity index (χ3n) is 5.83. The summed E-state index contributed by atoms with van der Waals surface area (Å²) in [6.45, 7) is 1.27. The minimum atomic E-state index is -0.371. The largest absolute Gasteiger partial charge is 0.496 e. The van der Waals surface area contributed by atoms with Gasteiger partial charge in [0.15, 0.2) is 5.76 Å². The van der Waals surface area contributed by atoms with E-state index in [9.17, 15) is 9.59 Å². The maximum Gasteiger partial charge on any atom is 0.289 e. The standard InChI is InChI=1S/C25H26N2O4/c1-26(15-18-9-4-3-5-10-18)24(28)21-17-27(25(29)23-13-8-14-31-23)16-20(21)19-11-6-7-12-22(19)30-2/h3-14,20-21H,15-17H2,1-2H3. The Labute approximate surface area is 182 Å². The van der Waals surface area contributed by atoms with Crippen LogP contribution in [0.1, 0.15) is 27.6 Å². The van der Waals surface area contributed by atoms with Gasteiger partial charge in [-0.2, -0.15) is 0 Å². The number of hydrogen-bond acceptors (Lipinski definition) is 4. The van der Waals surface area contributed by atoms with Crippen molar-refractivity contribution in [2.24, 2.45) is 5.92 Å². The van der Waals surface area contributed by atoms with Crippen LogP contribution in [0.2, 0.25) is 0 Å². The molecule has 0 bridgehead atoms. The van der Waals surface area contributed by atoms with Gasteiger partial charge in [-0.05, 0) is 29.3 Å². The topological polar surface area (TPSA) is 63.0 Å². The van der Waals surface area contributed by atoms with E-state index in [-0.39, 0.29) is 29.4 Å². The molecule has 1 fully saturated rings. The molecule has 2 aromatic carbocycles. The van der Waals surface area contributed by atoms with Gasteiger partial charge in [0.1, 0.15) is 5.75 Å². The monoisotopic (exact) mass is 418 g/mol. The van der Waals surface area contributed by atoms with Crippen LogP contribution >= 0.6 is 0 Å². The third-order valence-corrected chi connectivity index (χ3v) is 5.83. The molecule has 6 nitrogen and oxygen atoms in total. The van der Waals surface area contributed by atoms with E-state index in [1.807, 2.05) is 61.6 Å². The molecule has 2 amide bonds. The predicted molar refractivity (Wildman–Crippen MR) is 117 cm³/mol. The Kier molecular flexibility index (Phi) is 6.07. The fourth-order valence-corrected chi connectivity index (χ4v) is 4.28. The molecule has 0 saturated carbocycles. The molecule has 6 heteroatoms. The van der Waals surface area contributed by atoms with Crippen LogP contribution in [0.5, 0.6) is 5.75 Å². The lowest BCUT2D eigenvalue weighted by atomic mass is 9.87. The lowest BCUT2D eigenvalue weighted by Crippen LogP contribution is -2.36. The van der Waals surface area contributed by atoms with E-state index in [4.69, 9.17) is 9.15 Å². The van der Waals surface area contributed by atoms with Crippen molar-refractivity contribution in [3.05, 3.63) is 89.9 Å². The van der Waals surface area contributed by atoms with Crippen LogP contribution in [0.3, 0.4) is 0 Å². The highest BCUT2D eigenvalue weighted by Gasteiger charge is 2.43. The van der Waals surface area contributed by atoms with Crippen LogP contribution in [0, 0.1) is 5.92 Å². The van der Waals surface area contributed by atoms with E-state index in [2.05, 4.69) is 0 Å². The van der Waals surface area contributed by atoms with Crippen LogP contribution < -0.4 is 4.74 Å². The summed E-state index contributed by atoms with van der Waals surface area (Å²) in [4.78, 5) is 29.9. The number of furan rings is 1. The van der Waals surface area contributed by atoms with E-state index in [1.54, 1.807) is 29.0 Å². The van der Waals surface area contributed by atoms with Crippen LogP contribution in [-0.2, 0) is 11.3 Å². The second-order valence-corrected chi connectivity index (χ2v) is 7.82. The zero-order valence-corrected chi connectivity index (χ0v) is 17.7. The highest BCUT2D eigenvalue weighted by Crippen LogP contribution is 2.39. The summed E-state index contributed by atoms with van der Waals surface area (Å²) in [5.41, 5.74) is 2.00. The van der Waals surface area contributed by atoms with Crippen LogP contribution in [0.4, 0.5) is 0 Å². The molecule has 160 valence electrons. The summed E-state index contributed by atoms with van der Waals surface area (Å²) >= 11 is 0. The maximum absolute atomic E-state index is 13.5. The molecule has 1 aliphatic rings. The number of carbonyl (C=O) groups is 2. The zero-order valence-electron chi connectivity index (χ0n) is 17.7. The zero-order chi connectivity index (χ0) is 21.8. The minimum absolute atomic E-state index is 0.00880. The van der Waals surface area contributed by atoms with Gasteiger partial charge in [0, 0.05) is 32.6 Å². The fraction of sp³-hybridized carbons (Fsp3) is 0.280. The van der Waals surface area contributed by atoms with Gasteiger partial charge < -0.3 is 19.0 Å². The van der Waals surface area contributed by atoms with Crippen molar-refractivity contribution < 1.29 is 18.7 Å². The number of amides is 2. The number of ether oxygens (including phenoxy) is 1. The highest BCUT2D eigenvalue weighted by atomic mass is 16.5. The Balaban J connectivity index is 1.61. The minimum Gasteiger partial charge on any atom is -0.496 e. The van der Waals surface area contributed by atoms with E-state index >= 15 is 0 Å². The predicted octanol–water partition coefficient (Wildman–Crippen LogP) is 3.80. The first-order valence-corrected chi connectivity index (χ1v) is 10.3. The Morgan fingerprint density at radius 2 is 1.77 bits per heavy atom. The molecular formula is C25H26N2O4. The maximum atomic E-state index is 13.5. The lowest BCUT2D eigenvalue weighted by Gasteiger charge is -2.25.